The Morgan fingerprint density at radius 1 is 1.20 bits per heavy atom. The molecule has 0 aliphatic carbocycles. The number of aromatic nitrogens is 2. The van der Waals surface area contributed by atoms with Gasteiger partial charge < -0.3 is 9.47 Å². The van der Waals surface area contributed by atoms with Crippen molar-refractivity contribution < 1.29 is 13.9 Å². The third-order valence-corrected chi connectivity index (χ3v) is 5.10. The molecule has 1 atom stereocenters. The van der Waals surface area contributed by atoms with Gasteiger partial charge in [0, 0.05) is 44.6 Å². The number of nitrogens with zero attached hydrogens (tertiary/aromatic N) is 3. The molecular formula is C19H22FN3O2. The molecule has 0 aromatic carbocycles. The van der Waals surface area contributed by atoms with Crippen molar-refractivity contribution in [2.24, 2.45) is 0 Å². The van der Waals surface area contributed by atoms with Crippen LogP contribution in [0.3, 0.4) is 0 Å². The van der Waals surface area contributed by atoms with Gasteiger partial charge in [-0.15, -0.1) is 0 Å². The molecule has 2 aliphatic rings. The quantitative estimate of drug-likeness (QED) is 0.854. The van der Waals surface area contributed by atoms with Gasteiger partial charge in [0.25, 0.3) is 5.88 Å². The molecule has 1 unspecified atom stereocenters. The summed E-state index contributed by atoms with van der Waals surface area (Å²) in [6.07, 6.45) is 7.83. The zero-order valence-electron chi connectivity index (χ0n) is 14.1. The number of pyridine rings is 2. The molecule has 2 saturated heterocycles. The smallest absolute Gasteiger partial charge is 0.250 e. The monoisotopic (exact) mass is 343 g/mol. The van der Waals surface area contributed by atoms with E-state index in [1.807, 2.05) is 12.4 Å². The van der Waals surface area contributed by atoms with Crippen LogP contribution in [0.4, 0.5) is 4.39 Å². The minimum Gasteiger partial charge on any atom is -0.470 e. The van der Waals surface area contributed by atoms with Crippen molar-refractivity contribution in [2.75, 3.05) is 19.7 Å². The molecule has 25 heavy (non-hydrogen) atoms. The van der Waals surface area contributed by atoms with E-state index in [9.17, 15) is 4.39 Å². The summed E-state index contributed by atoms with van der Waals surface area (Å²) < 4.78 is 25.5. The normalized spacial score (nSPS) is 23.0. The third kappa shape index (κ3) is 3.80. The Morgan fingerprint density at radius 2 is 2.00 bits per heavy atom. The molecule has 1 spiro atoms. The summed E-state index contributed by atoms with van der Waals surface area (Å²) >= 11 is 0. The number of ether oxygens (including phenoxy) is 2. The molecular weight excluding hydrogens is 321 g/mol. The molecule has 0 radical (unpaired) electrons. The fraction of sp³-hybridized carbons (Fsp3) is 0.474. The zero-order chi connectivity index (χ0) is 17.1. The highest BCUT2D eigenvalue weighted by molar-refractivity contribution is 5.14. The van der Waals surface area contributed by atoms with Crippen LogP contribution in [0.25, 0.3) is 0 Å². The Hall–Kier alpha value is -2.05. The van der Waals surface area contributed by atoms with E-state index in [0.717, 1.165) is 38.9 Å². The fourth-order valence-electron chi connectivity index (χ4n) is 3.71. The number of hydrogen-bond acceptors (Lipinski definition) is 5. The molecule has 2 fully saturated rings. The van der Waals surface area contributed by atoms with Crippen LogP contribution in [0.15, 0.2) is 42.9 Å². The topological polar surface area (TPSA) is 47.5 Å². The van der Waals surface area contributed by atoms with Crippen LogP contribution in [0.5, 0.6) is 5.88 Å². The van der Waals surface area contributed by atoms with Gasteiger partial charge >= 0.3 is 0 Å². The van der Waals surface area contributed by atoms with Crippen molar-refractivity contribution in [1.29, 1.82) is 0 Å². The Balaban J connectivity index is 1.31. The first-order valence-electron chi connectivity index (χ1n) is 8.75. The van der Waals surface area contributed by atoms with Gasteiger partial charge in [0.05, 0.1) is 12.2 Å². The second kappa shape index (κ2) is 7.06. The summed E-state index contributed by atoms with van der Waals surface area (Å²) in [6, 6.07) is 7.04. The minimum atomic E-state index is -0.421. The van der Waals surface area contributed by atoms with E-state index in [0.29, 0.717) is 6.61 Å². The lowest BCUT2D eigenvalue weighted by atomic mass is 9.88. The van der Waals surface area contributed by atoms with Gasteiger partial charge in [0.2, 0.25) is 0 Å². The van der Waals surface area contributed by atoms with E-state index < -0.39 is 5.82 Å². The molecule has 132 valence electrons. The molecule has 4 heterocycles. The zero-order valence-corrected chi connectivity index (χ0v) is 14.1. The Bertz CT molecular complexity index is 705. The van der Waals surface area contributed by atoms with Crippen LogP contribution >= 0.6 is 0 Å². The predicted octanol–water partition coefficient (Wildman–Crippen LogP) is 2.82. The first-order valence-corrected chi connectivity index (χ1v) is 8.75. The number of piperidine rings is 1. The average molecular weight is 343 g/mol. The predicted molar refractivity (Wildman–Crippen MR) is 90.7 cm³/mol. The van der Waals surface area contributed by atoms with Gasteiger partial charge in [-0.05, 0) is 42.7 Å². The van der Waals surface area contributed by atoms with E-state index in [1.165, 1.54) is 11.6 Å². The van der Waals surface area contributed by atoms with Crippen LogP contribution < -0.4 is 4.74 Å². The van der Waals surface area contributed by atoms with Gasteiger partial charge in [-0.3, -0.25) is 9.88 Å². The lowest BCUT2D eigenvalue weighted by molar-refractivity contribution is -0.0455. The maximum absolute atomic E-state index is 13.7. The largest absolute Gasteiger partial charge is 0.470 e. The molecule has 5 nitrogen and oxygen atoms in total. The van der Waals surface area contributed by atoms with Crippen LogP contribution in [-0.4, -0.2) is 46.3 Å². The molecule has 6 heteroatoms. The van der Waals surface area contributed by atoms with E-state index >= 15 is 0 Å². The van der Waals surface area contributed by atoms with Crippen molar-refractivity contribution in [1.82, 2.24) is 14.9 Å². The minimum absolute atomic E-state index is 0.0725. The lowest BCUT2D eigenvalue weighted by Gasteiger charge is -2.38. The van der Waals surface area contributed by atoms with Crippen LogP contribution in [0, 0.1) is 5.82 Å². The summed E-state index contributed by atoms with van der Waals surface area (Å²) in [5.41, 5.74) is 1.15. The maximum Gasteiger partial charge on any atom is 0.250 e. The lowest BCUT2D eigenvalue weighted by Crippen LogP contribution is -2.44. The number of rotatable bonds is 4. The molecule has 0 amide bonds. The second-order valence-corrected chi connectivity index (χ2v) is 6.86. The van der Waals surface area contributed by atoms with Crippen molar-refractivity contribution in [3.05, 3.63) is 54.2 Å². The molecule has 2 aromatic rings. The van der Waals surface area contributed by atoms with Gasteiger partial charge in [0.15, 0.2) is 5.82 Å². The fourth-order valence-corrected chi connectivity index (χ4v) is 3.71. The third-order valence-electron chi connectivity index (χ3n) is 5.10. The van der Waals surface area contributed by atoms with Crippen LogP contribution in [0.2, 0.25) is 0 Å². The van der Waals surface area contributed by atoms with Gasteiger partial charge in [0.1, 0.15) is 6.10 Å². The summed E-state index contributed by atoms with van der Waals surface area (Å²) in [6.45, 7) is 3.43. The van der Waals surface area contributed by atoms with Crippen molar-refractivity contribution in [3.8, 4) is 5.88 Å². The van der Waals surface area contributed by atoms with Crippen molar-refractivity contribution >= 4 is 0 Å². The van der Waals surface area contributed by atoms with E-state index in [1.54, 1.807) is 12.3 Å². The van der Waals surface area contributed by atoms with Gasteiger partial charge in [-0.1, -0.05) is 0 Å². The molecule has 2 aliphatic heterocycles. The Kier molecular flexibility index (Phi) is 4.63. The Labute approximate surface area is 146 Å². The van der Waals surface area contributed by atoms with E-state index in [2.05, 4.69) is 27.0 Å². The SMILES string of the molecule is Fc1cccnc1OC1COC2(CCN(Cc3ccncc3)CC2)C1. The van der Waals surface area contributed by atoms with Gasteiger partial charge in [-0.2, -0.15) is 0 Å². The molecule has 0 N–H and O–H groups in total. The number of hydrogen-bond donors (Lipinski definition) is 0. The highest BCUT2D eigenvalue weighted by Crippen LogP contribution is 2.37. The maximum atomic E-state index is 13.7. The molecule has 0 saturated carbocycles. The number of likely N-dealkylation sites (tertiary alicyclic amines) is 1. The second-order valence-electron chi connectivity index (χ2n) is 6.86. The van der Waals surface area contributed by atoms with Crippen molar-refractivity contribution in [3.63, 3.8) is 0 Å². The summed E-state index contributed by atoms with van der Waals surface area (Å²) in [5.74, 6) is -0.348. The number of halogens is 1. The van der Waals surface area contributed by atoms with Gasteiger partial charge in [-0.25, -0.2) is 9.37 Å². The highest BCUT2D eigenvalue weighted by Gasteiger charge is 2.43. The highest BCUT2D eigenvalue weighted by atomic mass is 19.1. The average Bonchev–Trinajstić information content (AvgIpc) is 3.03. The first kappa shape index (κ1) is 16.4. The Morgan fingerprint density at radius 3 is 2.76 bits per heavy atom. The molecule has 4 rings (SSSR count). The standard InChI is InChI=1S/C19H22FN3O2/c20-17-2-1-7-22-18(17)25-16-12-19(24-14-16)5-10-23(11-6-19)13-15-3-8-21-9-4-15/h1-4,7-9,16H,5-6,10-14H2. The van der Waals surface area contributed by atoms with Crippen LogP contribution in [0.1, 0.15) is 24.8 Å². The van der Waals surface area contributed by atoms with E-state index in [-0.39, 0.29) is 17.6 Å². The van der Waals surface area contributed by atoms with Crippen LogP contribution in [-0.2, 0) is 11.3 Å². The molecule has 0 bridgehead atoms. The summed E-state index contributed by atoms with van der Waals surface area (Å²) in [7, 11) is 0. The van der Waals surface area contributed by atoms with Crippen molar-refractivity contribution in [2.45, 2.75) is 37.5 Å². The first-order chi connectivity index (χ1) is 12.2. The summed E-state index contributed by atoms with van der Waals surface area (Å²) in [4.78, 5) is 10.5. The summed E-state index contributed by atoms with van der Waals surface area (Å²) in [5, 5.41) is 0. The van der Waals surface area contributed by atoms with E-state index in [4.69, 9.17) is 9.47 Å². The molecule has 2 aromatic heterocycles.